The lowest BCUT2D eigenvalue weighted by Crippen LogP contribution is -2.06. The third kappa shape index (κ3) is 8.18. The van der Waals surface area contributed by atoms with Gasteiger partial charge in [-0.15, -0.1) is 0 Å². The van der Waals surface area contributed by atoms with Crippen LogP contribution in [0.2, 0.25) is 0 Å². The average Bonchev–Trinajstić information content (AvgIpc) is 2.02. The second-order valence-electron chi connectivity index (χ2n) is 2.14. The van der Waals surface area contributed by atoms with E-state index in [1.54, 1.807) is 0 Å². The molecule has 0 aliphatic heterocycles. The topological polar surface area (TPSA) is 116 Å². The number of nitrogens with two attached hydrogens (primary N) is 1. The quantitative estimate of drug-likeness (QED) is 0.296. The Morgan fingerprint density at radius 3 is 2.00 bits per heavy atom. The van der Waals surface area contributed by atoms with Gasteiger partial charge in [0.15, 0.2) is 0 Å². The molecule has 1 aromatic carbocycles. The van der Waals surface area contributed by atoms with Crippen molar-refractivity contribution in [3.63, 3.8) is 0 Å². The molecule has 1 aromatic rings. The number of hydrazine groups is 1. The number of hydrogen-bond acceptors (Lipinski definition) is 3. The minimum absolute atomic E-state index is 0.900. The summed E-state index contributed by atoms with van der Waals surface area (Å²) in [4.78, 5) is 21.6. The van der Waals surface area contributed by atoms with Crippen molar-refractivity contribution in [3.8, 4) is 0 Å². The highest BCUT2D eigenvalue weighted by Crippen LogP contribution is 2.25. The number of hydrogen-bond donors (Lipinski definition) is 5. The molecule has 0 atom stereocenters. The number of benzene rings is 1. The normalized spacial score (nSPS) is 10.1. The monoisotopic (exact) mass is 284 g/mol. The molecule has 0 amide bonds. The Balaban J connectivity index is 0.000000292. The summed E-state index contributed by atoms with van der Waals surface area (Å²) < 4.78 is 9.86. The largest absolute Gasteiger partial charge is 0.466 e. The van der Waals surface area contributed by atoms with Crippen molar-refractivity contribution < 1.29 is 19.2 Å². The van der Waals surface area contributed by atoms with E-state index in [4.69, 9.17) is 25.1 Å². The Kier molecular flexibility index (Phi) is 5.94. The van der Waals surface area contributed by atoms with Gasteiger partial charge in [-0.2, -0.15) is 0 Å². The van der Waals surface area contributed by atoms with Gasteiger partial charge in [-0.25, -0.2) is 4.57 Å². The van der Waals surface area contributed by atoms with Crippen molar-refractivity contribution in [1.82, 2.24) is 0 Å². The minimum Gasteiger partial charge on any atom is -0.323 e. The van der Waals surface area contributed by atoms with Gasteiger partial charge in [-0.05, 0) is 28.1 Å². The van der Waals surface area contributed by atoms with Gasteiger partial charge in [0.1, 0.15) is 0 Å². The zero-order valence-corrected chi connectivity index (χ0v) is 9.44. The first-order valence-corrected chi connectivity index (χ1v) is 5.70. The fourth-order valence-electron chi connectivity index (χ4n) is 0.578. The number of nitrogen functional groups attached to an aromatic ring is 1. The molecular weight excluding hydrogens is 275 g/mol. The molecule has 6 nitrogen and oxygen atoms in total. The molecule has 0 bridgehead atoms. The molecule has 80 valence electrons. The third-order valence-corrected chi connectivity index (χ3v) is 1.72. The summed E-state index contributed by atoms with van der Waals surface area (Å²) >= 11 is 3.31. The van der Waals surface area contributed by atoms with E-state index in [1.807, 2.05) is 24.3 Å². The molecule has 0 aliphatic rings. The first-order valence-electron chi connectivity index (χ1n) is 3.34. The Labute approximate surface area is 89.1 Å². The van der Waals surface area contributed by atoms with E-state index in [0.29, 0.717) is 0 Å². The summed E-state index contributed by atoms with van der Waals surface area (Å²) in [6.45, 7) is 0. The lowest BCUT2D eigenvalue weighted by molar-refractivity contribution is 0.275. The number of nitrogens with one attached hydrogen (secondary N) is 1. The van der Waals surface area contributed by atoms with Crippen LogP contribution in [0.3, 0.4) is 0 Å². The molecule has 0 aliphatic carbocycles. The molecule has 0 unspecified atom stereocenters. The van der Waals surface area contributed by atoms with E-state index in [1.165, 1.54) is 0 Å². The molecule has 1 rings (SSSR count). The Hall–Kier alpha value is -0.430. The van der Waals surface area contributed by atoms with Gasteiger partial charge >= 0.3 is 7.82 Å². The van der Waals surface area contributed by atoms with Crippen molar-refractivity contribution in [2.24, 2.45) is 5.84 Å². The highest BCUT2D eigenvalue weighted by Gasteiger charge is 2.00. The maximum Gasteiger partial charge on any atom is 0.466 e. The van der Waals surface area contributed by atoms with Gasteiger partial charge in [-0.1, -0.05) is 12.1 Å². The molecular formula is C6H10BrN2O4P. The average molecular weight is 285 g/mol. The summed E-state index contributed by atoms with van der Waals surface area (Å²) in [5.74, 6) is 5.17. The van der Waals surface area contributed by atoms with Crippen LogP contribution in [0.25, 0.3) is 0 Å². The van der Waals surface area contributed by atoms with E-state index < -0.39 is 7.82 Å². The summed E-state index contributed by atoms with van der Waals surface area (Å²) in [6.07, 6.45) is 0. The Morgan fingerprint density at radius 1 is 1.29 bits per heavy atom. The van der Waals surface area contributed by atoms with E-state index in [-0.39, 0.29) is 0 Å². The van der Waals surface area contributed by atoms with Gasteiger partial charge in [0.05, 0.1) is 5.69 Å². The summed E-state index contributed by atoms with van der Waals surface area (Å²) in [5.41, 5.74) is 3.45. The van der Waals surface area contributed by atoms with Gasteiger partial charge in [-0.3, -0.25) is 5.84 Å². The summed E-state index contributed by atoms with van der Waals surface area (Å²) in [7, 11) is -4.64. The smallest absolute Gasteiger partial charge is 0.323 e. The maximum atomic E-state index is 8.88. The minimum atomic E-state index is -4.64. The summed E-state index contributed by atoms with van der Waals surface area (Å²) in [6, 6.07) is 7.67. The third-order valence-electron chi connectivity index (χ3n) is 1.03. The predicted octanol–water partition coefficient (Wildman–Crippen LogP) is 0.806. The van der Waals surface area contributed by atoms with E-state index in [9.17, 15) is 0 Å². The van der Waals surface area contributed by atoms with E-state index in [2.05, 4.69) is 21.4 Å². The highest BCUT2D eigenvalue weighted by molar-refractivity contribution is 9.10. The number of anilines is 1. The fraction of sp³-hybridized carbons (Fsp3) is 0. The van der Waals surface area contributed by atoms with Gasteiger partial charge in [0.25, 0.3) is 0 Å². The predicted molar refractivity (Wildman–Crippen MR) is 56.2 cm³/mol. The lowest BCUT2D eigenvalue weighted by Gasteiger charge is -1.99. The molecule has 0 radical (unpaired) electrons. The van der Waals surface area contributed by atoms with Crippen LogP contribution >= 0.6 is 23.8 Å². The van der Waals surface area contributed by atoms with Crippen LogP contribution in [0.1, 0.15) is 0 Å². The zero-order valence-electron chi connectivity index (χ0n) is 6.96. The molecule has 0 fully saturated rings. The van der Waals surface area contributed by atoms with Crippen LogP contribution in [0.5, 0.6) is 0 Å². The molecule has 0 heterocycles. The van der Waals surface area contributed by atoms with Crippen LogP contribution in [0.4, 0.5) is 5.69 Å². The molecule has 0 saturated carbocycles. The molecule has 0 spiro atoms. The molecule has 14 heavy (non-hydrogen) atoms. The van der Waals surface area contributed by atoms with Crippen LogP contribution in [0, 0.1) is 0 Å². The van der Waals surface area contributed by atoms with Crippen LogP contribution in [-0.2, 0) is 4.57 Å². The van der Waals surface area contributed by atoms with Crippen LogP contribution in [0.15, 0.2) is 28.7 Å². The van der Waals surface area contributed by atoms with Gasteiger partial charge in [0, 0.05) is 4.47 Å². The fourth-order valence-corrected chi connectivity index (χ4v) is 0.978. The van der Waals surface area contributed by atoms with Gasteiger partial charge < -0.3 is 20.1 Å². The lowest BCUT2D eigenvalue weighted by atomic mass is 10.3. The van der Waals surface area contributed by atoms with Crippen LogP contribution in [-0.4, -0.2) is 14.7 Å². The second kappa shape index (κ2) is 6.13. The zero-order chi connectivity index (χ0) is 11.2. The number of para-hydroxylation sites is 1. The standard InChI is InChI=1S/C6H7BrN2.H3O4P/c7-5-3-1-2-4-6(5)9-8;1-5(2,3)4/h1-4,9H,8H2;(H3,1,2,3,4). The summed E-state index contributed by atoms with van der Waals surface area (Å²) in [5, 5.41) is 0. The Bertz CT molecular complexity index is 321. The first kappa shape index (κ1) is 13.6. The first-order chi connectivity index (χ1) is 6.34. The molecule has 6 N–H and O–H groups in total. The van der Waals surface area contributed by atoms with Crippen molar-refractivity contribution in [3.05, 3.63) is 28.7 Å². The second-order valence-corrected chi connectivity index (χ2v) is 4.02. The molecule has 0 saturated heterocycles. The number of rotatable bonds is 1. The van der Waals surface area contributed by atoms with Gasteiger partial charge in [0.2, 0.25) is 0 Å². The maximum absolute atomic E-state index is 8.88. The highest BCUT2D eigenvalue weighted by atomic mass is 79.9. The molecule has 8 heteroatoms. The SMILES string of the molecule is NNc1ccccc1Br.O=P(O)(O)O. The van der Waals surface area contributed by atoms with Crippen LogP contribution < -0.4 is 11.3 Å². The van der Waals surface area contributed by atoms with Crippen molar-refractivity contribution in [2.75, 3.05) is 5.43 Å². The molecule has 0 aromatic heterocycles. The van der Waals surface area contributed by atoms with Crippen molar-refractivity contribution in [2.45, 2.75) is 0 Å². The van der Waals surface area contributed by atoms with Crippen molar-refractivity contribution in [1.29, 1.82) is 0 Å². The van der Waals surface area contributed by atoms with Crippen molar-refractivity contribution >= 4 is 29.4 Å². The number of halogens is 1. The number of phosphoric acid groups is 1. The van der Waals surface area contributed by atoms with E-state index >= 15 is 0 Å². The Morgan fingerprint density at radius 2 is 1.71 bits per heavy atom. The van der Waals surface area contributed by atoms with E-state index in [0.717, 1.165) is 10.2 Å².